The molecule has 0 saturated heterocycles. The van der Waals surface area contributed by atoms with Crippen LogP contribution in [0.5, 0.6) is 0 Å². The molecule has 4 heteroatoms. The van der Waals surface area contributed by atoms with Crippen LogP contribution in [0.15, 0.2) is 5.10 Å². The first-order valence-electron chi connectivity index (χ1n) is 6.96. The third-order valence-corrected chi connectivity index (χ3v) is 4.04. The Morgan fingerprint density at radius 3 is 2.56 bits per heavy atom. The summed E-state index contributed by atoms with van der Waals surface area (Å²) < 4.78 is 0. The topological polar surface area (TPSA) is 72.0 Å². The average Bonchev–Trinajstić information content (AvgIpc) is 2.45. The fourth-order valence-corrected chi connectivity index (χ4v) is 2.87. The van der Waals surface area contributed by atoms with Crippen molar-refractivity contribution < 1.29 is 0 Å². The molecule has 2 fully saturated rings. The normalized spacial score (nSPS) is 34.6. The molecule has 0 aliphatic heterocycles. The molecule has 0 radical (unpaired) electrons. The van der Waals surface area contributed by atoms with Crippen molar-refractivity contribution in [2.75, 3.05) is 0 Å². The predicted molar refractivity (Wildman–Crippen MR) is 69.5 cm³/mol. The Kier molecular flexibility index (Phi) is 4.59. The van der Waals surface area contributed by atoms with Gasteiger partial charge in [0.05, 0.1) is 35.7 Å². The van der Waals surface area contributed by atoms with Crippen LogP contribution in [0.25, 0.3) is 0 Å². The van der Waals surface area contributed by atoms with Crippen molar-refractivity contribution in [3.05, 3.63) is 0 Å². The molecule has 0 aromatic rings. The molecule has 0 aromatic carbocycles. The Hall–Kier alpha value is -1.55. The number of nitriles is 2. The summed E-state index contributed by atoms with van der Waals surface area (Å²) >= 11 is 0. The summed E-state index contributed by atoms with van der Waals surface area (Å²) in [6.07, 6.45) is 8.42. The molecule has 2 saturated carbocycles. The maximum absolute atomic E-state index is 9.11. The molecule has 96 valence electrons. The molecule has 2 aliphatic rings. The molecule has 0 aromatic heterocycles. The fourth-order valence-electron chi connectivity index (χ4n) is 2.87. The van der Waals surface area contributed by atoms with Gasteiger partial charge in [0.1, 0.15) is 0 Å². The molecule has 0 spiro atoms. The van der Waals surface area contributed by atoms with Gasteiger partial charge >= 0.3 is 0 Å². The standard InChI is InChI=1S/C14H20N4/c15-9-11-5-1-3-7-13(11)17-18-14-8-4-2-6-12(14)10-16/h11-13,17H,1-8H2. The lowest BCUT2D eigenvalue weighted by atomic mass is 9.86. The molecule has 1 N–H and O–H groups in total. The van der Waals surface area contributed by atoms with Gasteiger partial charge < -0.3 is 5.43 Å². The Balaban J connectivity index is 1.96. The molecule has 3 unspecified atom stereocenters. The SMILES string of the molecule is N#CC1CCCCC1=NNC1CCCCC1C#N. The number of nitrogens with zero attached hydrogens (tertiary/aromatic N) is 3. The van der Waals surface area contributed by atoms with Gasteiger partial charge in [0.25, 0.3) is 0 Å². The monoisotopic (exact) mass is 244 g/mol. The molecule has 18 heavy (non-hydrogen) atoms. The summed E-state index contributed by atoms with van der Waals surface area (Å²) in [4.78, 5) is 0. The summed E-state index contributed by atoms with van der Waals surface area (Å²) in [7, 11) is 0. The zero-order valence-corrected chi connectivity index (χ0v) is 10.7. The van der Waals surface area contributed by atoms with Gasteiger partial charge in [0, 0.05) is 0 Å². The largest absolute Gasteiger partial charge is 0.306 e. The molecule has 0 amide bonds. The minimum Gasteiger partial charge on any atom is -0.306 e. The Labute approximate surface area is 109 Å². The van der Waals surface area contributed by atoms with Crippen molar-refractivity contribution in [1.29, 1.82) is 10.5 Å². The van der Waals surface area contributed by atoms with E-state index >= 15 is 0 Å². The first-order chi connectivity index (χ1) is 8.85. The van der Waals surface area contributed by atoms with E-state index in [1.807, 2.05) is 0 Å². The average molecular weight is 244 g/mol. The second-order valence-corrected chi connectivity index (χ2v) is 5.29. The second-order valence-electron chi connectivity index (χ2n) is 5.29. The van der Waals surface area contributed by atoms with Gasteiger partial charge in [-0.05, 0) is 32.1 Å². The van der Waals surface area contributed by atoms with E-state index in [0.29, 0.717) is 0 Å². The second kappa shape index (κ2) is 6.40. The molecule has 2 aliphatic carbocycles. The predicted octanol–water partition coefficient (Wildman–Crippen LogP) is 2.73. The molecule has 0 heterocycles. The van der Waals surface area contributed by atoms with Crippen LogP contribution in [0.1, 0.15) is 51.4 Å². The summed E-state index contributed by atoms with van der Waals surface area (Å²) in [5.41, 5.74) is 4.16. The highest BCUT2D eigenvalue weighted by Gasteiger charge is 2.25. The van der Waals surface area contributed by atoms with Gasteiger partial charge in [-0.2, -0.15) is 15.6 Å². The van der Waals surface area contributed by atoms with Gasteiger partial charge in [-0.1, -0.05) is 19.3 Å². The van der Waals surface area contributed by atoms with Gasteiger partial charge in [0.15, 0.2) is 0 Å². The quantitative estimate of drug-likeness (QED) is 0.759. The van der Waals surface area contributed by atoms with Gasteiger partial charge in [-0.25, -0.2) is 0 Å². The third kappa shape index (κ3) is 3.01. The molecular formula is C14H20N4. The van der Waals surface area contributed by atoms with E-state index in [1.165, 1.54) is 6.42 Å². The van der Waals surface area contributed by atoms with Crippen molar-refractivity contribution >= 4 is 5.71 Å². The summed E-state index contributed by atoms with van der Waals surface area (Å²) in [5.74, 6) is 0.0580. The number of hydrogen-bond donors (Lipinski definition) is 1. The van der Waals surface area contributed by atoms with E-state index in [9.17, 15) is 0 Å². The highest BCUT2D eigenvalue weighted by Crippen LogP contribution is 2.25. The third-order valence-electron chi connectivity index (χ3n) is 4.04. The van der Waals surface area contributed by atoms with E-state index < -0.39 is 0 Å². The molecule has 3 atom stereocenters. The minimum absolute atomic E-state index is 0.0182. The van der Waals surface area contributed by atoms with Crippen LogP contribution in [0.2, 0.25) is 0 Å². The number of nitrogens with one attached hydrogen (secondary N) is 1. The van der Waals surface area contributed by atoms with E-state index in [0.717, 1.165) is 50.7 Å². The Morgan fingerprint density at radius 2 is 1.78 bits per heavy atom. The molecule has 2 rings (SSSR count). The highest BCUT2D eigenvalue weighted by atomic mass is 15.3. The van der Waals surface area contributed by atoms with Crippen LogP contribution >= 0.6 is 0 Å². The lowest BCUT2D eigenvalue weighted by molar-refractivity contribution is 0.316. The minimum atomic E-state index is -0.0182. The first-order valence-corrected chi connectivity index (χ1v) is 6.96. The number of hydrazone groups is 1. The van der Waals surface area contributed by atoms with Crippen LogP contribution in [-0.4, -0.2) is 11.8 Å². The molecular weight excluding hydrogens is 224 g/mol. The first kappa shape index (κ1) is 12.9. The fraction of sp³-hybridized carbons (Fsp3) is 0.786. The van der Waals surface area contributed by atoms with E-state index in [2.05, 4.69) is 22.7 Å². The van der Waals surface area contributed by atoms with Crippen LogP contribution in [0.3, 0.4) is 0 Å². The van der Waals surface area contributed by atoms with Crippen molar-refractivity contribution in [3.8, 4) is 12.1 Å². The molecule has 4 nitrogen and oxygen atoms in total. The summed E-state index contributed by atoms with van der Waals surface area (Å²) in [5, 5.41) is 22.6. The van der Waals surface area contributed by atoms with E-state index in [1.54, 1.807) is 0 Å². The van der Waals surface area contributed by atoms with Crippen LogP contribution < -0.4 is 5.43 Å². The van der Waals surface area contributed by atoms with E-state index in [4.69, 9.17) is 10.5 Å². The van der Waals surface area contributed by atoms with Crippen molar-refractivity contribution in [1.82, 2.24) is 5.43 Å². The highest BCUT2D eigenvalue weighted by molar-refractivity contribution is 5.89. The maximum atomic E-state index is 9.11. The lowest BCUT2D eigenvalue weighted by Gasteiger charge is -2.27. The summed E-state index contributed by atoms with van der Waals surface area (Å²) in [6.45, 7) is 0. The van der Waals surface area contributed by atoms with Crippen LogP contribution in [0, 0.1) is 34.5 Å². The van der Waals surface area contributed by atoms with Crippen molar-refractivity contribution in [3.63, 3.8) is 0 Å². The van der Waals surface area contributed by atoms with E-state index in [-0.39, 0.29) is 17.9 Å². The molecule has 0 bridgehead atoms. The van der Waals surface area contributed by atoms with Crippen molar-refractivity contribution in [2.24, 2.45) is 16.9 Å². The number of rotatable bonds is 2. The van der Waals surface area contributed by atoms with Crippen LogP contribution in [-0.2, 0) is 0 Å². The maximum Gasteiger partial charge on any atom is 0.0863 e. The lowest BCUT2D eigenvalue weighted by Crippen LogP contribution is -2.36. The zero-order chi connectivity index (χ0) is 12.8. The Bertz CT molecular complexity index is 388. The van der Waals surface area contributed by atoms with Crippen LogP contribution in [0.4, 0.5) is 0 Å². The van der Waals surface area contributed by atoms with Gasteiger partial charge in [-0.15, -0.1) is 0 Å². The van der Waals surface area contributed by atoms with Crippen molar-refractivity contribution in [2.45, 2.75) is 57.4 Å². The Morgan fingerprint density at radius 1 is 1.00 bits per heavy atom. The van der Waals surface area contributed by atoms with Gasteiger partial charge in [-0.3, -0.25) is 0 Å². The zero-order valence-electron chi connectivity index (χ0n) is 10.7. The number of hydrogen-bond acceptors (Lipinski definition) is 4. The summed E-state index contributed by atoms with van der Waals surface area (Å²) in [6, 6.07) is 4.88. The van der Waals surface area contributed by atoms with Gasteiger partial charge in [0.2, 0.25) is 0 Å². The smallest absolute Gasteiger partial charge is 0.0863 e.